The van der Waals surface area contributed by atoms with Gasteiger partial charge in [0.25, 0.3) is 0 Å². The van der Waals surface area contributed by atoms with Crippen LogP contribution in [-0.4, -0.2) is 11.2 Å². The van der Waals surface area contributed by atoms with Crippen LogP contribution in [0.2, 0.25) is 0 Å². The van der Waals surface area contributed by atoms with Gasteiger partial charge in [0.15, 0.2) is 0 Å². The predicted octanol–water partition coefficient (Wildman–Crippen LogP) is 2.26. The van der Waals surface area contributed by atoms with Gasteiger partial charge in [0.1, 0.15) is 12.3 Å². The zero-order chi connectivity index (χ0) is 8.81. The molecule has 66 valence electrons. The lowest BCUT2D eigenvalue weighted by Crippen LogP contribution is -2.15. The van der Waals surface area contributed by atoms with E-state index in [2.05, 4.69) is 0 Å². The van der Waals surface area contributed by atoms with Crippen molar-refractivity contribution in [1.29, 1.82) is 5.26 Å². The Bertz CT molecular complexity index is 199. The minimum atomic E-state index is 0.0295. The number of aliphatic hydroxyl groups is 1. The van der Waals surface area contributed by atoms with E-state index >= 15 is 0 Å². The van der Waals surface area contributed by atoms with Gasteiger partial charge in [-0.2, -0.15) is 5.26 Å². The van der Waals surface area contributed by atoms with Crippen LogP contribution in [0, 0.1) is 11.3 Å². The number of nitrogens with zero attached hydrogens (tertiary/aromatic N) is 1. The lowest BCUT2D eigenvalue weighted by molar-refractivity contribution is 0.0869. The Morgan fingerprint density at radius 3 is 2.58 bits per heavy atom. The Morgan fingerprint density at radius 1 is 1.42 bits per heavy atom. The van der Waals surface area contributed by atoms with Gasteiger partial charge in [-0.3, -0.25) is 0 Å². The summed E-state index contributed by atoms with van der Waals surface area (Å²) in [4.78, 5) is 0. The average Bonchev–Trinajstić information content (AvgIpc) is 2.16. The highest BCUT2D eigenvalue weighted by Crippen LogP contribution is 2.21. The van der Waals surface area contributed by atoms with E-state index in [1.54, 1.807) is 6.07 Å². The fourth-order valence-corrected chi connectivity index (χ4v) is 1.45. The minimum absolute atomic E-state index is 0.0295. The largest absolute Gasteiger partial charge is 0.511 e. The molecule has 1 fully saturated rings. The molecule has 1 N–H and O–H groups in total. The van der Waals surface area contributed by atoms with E-state index in [0.717, 1.165) is 31.9 Å². The van der Waals surface area contributed by atoms with Gasteiger partial charge in [0.2, 0.25) is 5.76 Å². The van der Waals surface area contributed by atoms with Crippen molar-refractivity contribution in [3.05, 3.63) is 12.0 Å². The highest BCUT2D eigenvalue weighted by Gasteiger charge is 2.15. The number of allylic oxidation sites excluding steroid dienone is 1. The first-order chi connectivity index (χ1) is 5.86. The summed E-state index contributed by atoms with van der Waals surface area (Å²) in [5.74, 6) is 0.0295. The van der Waals surface area contributed by atoms with Crippen LogP contribution >= 0.6 is 0 Å². The zero-order valence-corrected chi connectivity index (χ0v) is 6.99. The molecule has 0 atom stereocenters. The van der Waals surface area contributed by atoms with Crippen LogP contribution in [0.1, 0.15) is 32.1 Å². The highest BCUT2D eigenvalue weighted by molar-refractivity contribution is 5.10. The van der Waals surface area contributed by atoms with Crippen LogP contribution in [0.5, 0.6) is 0 Å². The van der Waals surface area contributed by atoms with E-state index in [4.69, 9.17) is 15.1 Å². The fourth-order valence-electron chi connectivity index (χ4n) is 1.45. The summed E-state index contributed by atoms with van der Waals surface area (Å²) in [5.41, 5.74) is 0. The Hall–Kier alpha value is -1.17. The number of rotatable bonds is 2. The van der Waals surface area contributed by atoms with E-state index in [9.17, 15) is 0 Å². The molecule has 0 aromatic rings. The Balaban J connectivity index is 2.34. The van der Waals surface area contributed by atoms with Crippen LogP contribution in [-0.2, 0) is 4.74 Å². The molecule has 3 heteroatoms. The molecule has 0 aromatic carbocycles. The smallest absolute Gasteiger partial charge is 0.232 e. The Labute approximate surface area is 72.3 Å². The molecule has 0 radical (unpaired) electrons. The average molecular weight is 167 g/mol. The summed E-state index contributed by atoms with van der Waals surface area (Å²) in [7, 11) is 0. The van der Waals surface area contributed by atoms with E-state index in [0.29, 0.717) is 0 Å². The van der Waals surface area contributed by atoms with Crippen molar-refractivity contribution >= 4 is 0 Å². The molecule has 0 aromatic heterocycles. The van der Waals surface area contributed by atoms with Crippen molar-refractivity contribution in [1.82, 2.24) is 0 Å². The quantitative estimate of drug-likeness (QED) is 0.507. The zero-order valence-electron chi connectivity index (χ0n) is 6.99. The second-order valence-electron chi connectivity index (χ2n) is 2.98. The monoisotopic (exact) mass is 167 g/mol. The molecule has 12 heavy (non-hydrogen) atoms. The van der Waals surface area contributed by atoms with Gasteiger partial charge in [-0.1, -0.05) is 6.42 Å². The van der Waals surface area contributed by atoms with Gasteiger partial charge in [-0.25, -0.2) is 0 Å². The van der Waals surface area contributed by atoms with Gasteiger partial charge in [-0.15, -0.1) is 0 Å². The fraction of sp³-hybridized carbons (Fsp3) is 0.667. The summed E-state index contributed by atoms with van der Waals surface area (Å²) in [5, 5.41) is 17.0. The molecule has 1 aliphatic carbocycles. The molecule has 0 saturated heterocycles. The van der Waals surface area contributed by atoms with Gasteiger partial charge >= 0.3 is 0 Å². The third-order valence-corrected chi connectivity index (χ3v) is 2.07. The summed E-state index contributed by atoms with van der Waals surface area (Å²) in [6.45, 7) is 0. The van der Waals surface area contributed by atoms with Crippen molar-refractivity contribution in [3.8, 4) is 6.07 Å². The standard InChI is InChI=1S/C9H13NO2/c10-6-9(7-11)12-8-4-2-1-3-5-8/h7-8,11H,1-5H2. The van der Waals surface area contributed by atoms with Crippen LogP contribution in [0.15, 0.2) is 12.0 Å². The third kappa shape index (κ3) is 2.46. The van der Waals surface area contributed by atoms with E-state index in [1.165, 1.54) is 6.42 Å². The minimum Gasteiger partial charge on any atom is -0.511 e. The molecule has 1 saturated carbocycles. The summed E-state index contributed by atoms with van der Waals surface area (Å²) >= 11 is 0. The van der Waals surface area contributed by atoms with Crippen LogP contribution in [0.3, 0.4) is 0 Å². The Morgan fingerprint density at radius 2 is 2.08 bits per heavy atom. The summed E-state index contributed by atoms with van der Waals surface area (Å²) < 4.78 is 5.24. The van der Waals surface area contributed by atoms with Crippen molar-refractivity contribution in [2.75, 3.05) is 0 Å². The van der Waals surface area contributed by atoms with Crippen molar-refractivity contribution in [2.45, 2.75) is 38.2 Å². The molecule has 0 bridgehead atoms. The topological polar surface area (TPSA) is 53.2 Å². The first kappa shape index (κ1) is 8.92. The van der Waals surface area contributed by atoms with Gasteiger partial charge in [0.05, 0.1) is 6.10 Å². The Kier molecular flexibility index (Phi) is 3.46. The second-order valence-corrected chi connectivity index (χ2v) is 2.98. The van der Waals surface area contributed by atoms with E-state index < -0.39 is 0 Å². The maximum atomic E-state index is 8.55. The van der Waals surface area contributed by atoms with Gasteiger partial charge in [-0.05, 0) is 25.7 Å². The number of hydrogen-bond acceptors (Lipinski definition) is 3. The molecule has 1 aliphatic rings. The number of ether oxygens (including phenoxy) is 1. The van der Waals surface area contributed by atoms with Gasteiger partial charge in [0, 0.05) is 0 Å². The van der Waals surface area contributed by atoms with Crippen molar-refractivity contribution < 1.29 is 9.84 Å². The van der Waals surface area contributed by atoms with Crippen molar-refractivity contribution in [3.63, 3.8) is 0 Å². The highest BCUT2D eigenvalue weighted by atomic mass is 16.5. The summed E-state index contributed by atoms with van der Waals surface area (Å²) in [6, 6.07) is 1.79. The third-order valence-electron chi connectivity index (χ3n) is 2.07. The normalized spacial score (nSPS) is 20.1. The van der Waals surface area contributed by atoms with Crippen molar-refractivity contribution in [2.24, 2.45) is 0 Å². The first-order valence-electron chi connectivity index (χ1n) is 4.28. The first-order valence-corrected chi connectivity index (χ1v) is 4.28. The van der Waals surface area contributed by atoms with Crippen LogP contribution in [0.4, 0.5) is 0 Å². The summed E-state index contributed by atoms with van der Waals surface area (Å²) in [6.07, 6.45) is 6.44. The number of hydrogen-bond donors (Lipinski definition) is 1. The van der Waals surface area contributed by atoms with E-state index in [-0.39, 0.29) is 11.9 Å². The molecule has 3 nitrogen and oxygen atoms in total. The molecule has 0 amide bonds. The molecule has 0 heterocycles. The molecule has 0 unspecified atom stereocenters. The molecular weight excluding hydrogens is 154 g/mol. The van der Waals surface area contributed by atoms with Crippen LogP contribution in [0.25, 0.3) is 0 Å². The lowest BCUT2D eigenvalue weighted by atomic mass is 9.98. The number of nitriles is 1. The maximum Gasteiger partial charge on any atom is 0.232 e. The maximum absolute atomic E-state index is 8.55. The second kappa shape index (κ2) is 4.66. The van der Waals surface area contributed by atoms with E-state index in [1.807, 2.05) is 0 Å². The number of aliphatic hydroxyl groups excluding tert-OH is 1. The molecular formula is C9H13NO2. The molecule has 1 rings (SSSR count). The SMILES string of the molecule is N#CC(=CO)OC1CCCCC1. The molecule has 0 aliphatic heterocycles. The molecule has 0 spiro atoms. The lowest BCUT2D eigenvalue weighted by Gasteiger charge is -2.21. The van der Waals surface area contributed by atoms with Crippen LogP contribution < -0.4 is 0 Å². The van der Waals surface area contributed by atoms with Gasteiger partial charge < -0.3 is 9.84 Å². The predicted molar refractivity (Wildman–Crippen MR) is 44.3 cm³/mol.